The van der Waals surface area contributed by atoms with Crippen LogP contribution in [0.3, 0.4) is 0 Å². The van der Waals surface area contributed by atoms with Gasteiger partial charge in [-0.1, -0.05) is 12.1 Å². The molecule has 0 atom stereocenters. The molecule has 0 aliphatic carbocycles. The number of aryl methyl sites for hydroxylation is 1. The standard InChI is InChI=1S/C24H26N8O2/c1-17-6-7-20(34-2)19(13-17)29-22(33)15-32-24-18(14-28-32)23(26-16-27-24)31-11-9-30(10-12-31)21-5-3-4-8-25-21/h3-8,13-14,16H,9-12,15H2,1-2H3,(H,29,33). The molecule has 0 saturated carbocycles. The Morgan fingerprint density at radius 1 is 1.06 bits per heavy atom. The Morgan fingerprint density at radius 3 is 2.65 bits per heavy atom. The molecule has 10 nitrogen and oxygen atoms in total. The highest BCUT2D eigenvalue weighted by molar-refractivity contribution is 5.94. The van der Waals surface area contributed by atoms with Gasteiger partial charge in [-0.3, -0.25) is 4.79 Å². The highest BCUT2D eigenvalue weighted by atomic mass is 16.5. The van der Waals surface area contributed by atoms with Gasteiger partial charge < -0.3 is 19.9 Å². The van der Waals surface area contributed by atoms with Crippen LogP contribution in [-0.4, -0.2) is 63.9 Å². The van der Waals surface area contributed by atoms with Gasteiger partial charge in [0.15, 0.2) is 5.65 Å². The average Bonchev–Trinajstić information content (AvgIpc) is 3.27. The van der Waals surface area contributed by atoms with E-state index in [9.17, 15) is 4.79 Å². The molecule has 4 heterocycles. The molecule has 3 aromatic heterocycles. The number of fused-ring (bicyclic) bond motifs is 1. The summed E-state index contributed by atoms with van der Waals surface area (Å²) in [5.41, 5.74) is 2.29. The normalized spacial score (nSPS) is 13.8. The number of carbonyl (C=O) groups is 1. The van der Waals surface area contributed by atoms with Crippen molar-refractivity contribution in [1.29, 1.82) is 0 Å². The number of piperazine rings is 1. The number of benzene rings is 1. The number of anilines is 3. The van der Waals surface area contributed by atoms with E-state index in [4.69, 9.17) is 4.74 Å². The van der Waals surface area contributed by atoms with Crippen molar-refractivity contribution < 1.29 is 9.53 Å². The van der Waals surface area contributed by atoms with Gasteiger partial charge in [-0.05, 0) is 36.8 Å². The molecule has 5 rings (SSSR count). The van der Waals surface area contributed by atoms with Crippen LogP contribution >= 0.6 is 0 Å². The van der Waals surface area contributed by atoms with Crippen LogP contribution in [0.4, 0.5) is 17.3 Å². The number of rotatable bonds is 6. The number of aromatic nitrogens is 5. The zero-order valence-corrected chi connectivity index (χ0v) is 19.2. The fourth-order valence-electron chi connectivity index (χ4n) is 4.18. The molecular weight excluding hydrogens is 432 g/mol. The first-order valence-electron chi connectivity index (χ1n) is 11.1. The number of carbonyl (C=O) groups excluding carboxylic acids is 1. The predicted molar refractivity (Wildman–Crippen MR) is 130 cm³/mol. The molecule has 34 heavy (non-hydrogen) atoms. The van der Waals surface area contributed by atoms with Gasteiger partial charge in [0.05, 0.1) is 24.4 Å². The van der Waals surface area contributed by atoms with Crippen molar-refractivity contribution in [3.63, 3.8) is 0 Å². The molecule has 1 saturated heterocycles. The summed E-state index contributed by atoms with van der Waals surface area (Å²) in [6.45, 7) is 5.30. The van der Waals surface area contributed by atoms with Crippen molar-refractivity contribution in [2.75, 3.05) is 48.4 Å². The summed E-state index contributed by atoms with van der Waals surface area (Å²) in [4.78, 5) is 30.6. The lowest BCUT2D eigenvalue weighted by atomic mass is 10.2. The van der Waals surface area contributed by atoms with Gasteiger partial charge in [-0.15, -0.1) is 0 Å². The van der Waals surface area contributed by atoms with Gasteiger partial charge in [-0.25, -0.2) is 19.6 Å². The molecule has 1 amide bonds. The second kappa shape index (κ2) is 9.34. The minimum atomic E-state index is -0.210. The van der Waals surface area contributed by atoms with Crippen LogP contribution in [0.2, 0.25) is 0 Å². The summed E-state index contributed by atoms with van der Waals surface area (Å²) in [6.07, 6.45) is 5.08. The number of amides is 1. The molecule has 0 radical (unpaired) electrons. The van der Waals surface area contributed by atoms with E-state index in [2.05, 4.69) is 35.2 Å². The van der Waals surface area contributed by atoms with Crippen LogP contribution in [0.15, 0.2) is 55.1 Å². The fraction of sp³-hybridized carbons (Fsp3) is 0.292. The van der Waals surface area contributed by atoms with E-state index >= 15 is 0 Å². The van der Waals surface area contributed by atoms with Crippen molar-refractivity contribution >= 4 is 34.3 Å². The van der Waals surface area contributed by atoms with Gasteiger partial charge in [0.25, 0.3) is 0 Å². The Balaban J connectivity index is 1.30. The summed E-state index contributed by atoms with van der Waals surface area (Å²) in [6, 6.07) is 11.6. The van der Waals surface area contributed by atoms with Gasteiger partial charge in [-0.2, -0.15) is 5.10 Å². The van der Waals surface area contributed by atoms with Crippen LogP contribution in [0.1, 0.15) is 5.56 Å². The van der Waals surface area contributed by atoms with E-state index in [0.29, 0.717) is 17.1 Å². The fourth-order valence-corrected chi connectivity index (χ4v) is 4.18. The lowest BCUT2D eigenvalue weighted by Gasteiger charge is -2.36. The van der Waals surface area contributed by atoms with Crippen LogP contribution in [0.5, 0.6) is 5.75 Å². The Labute approximate surface area is 197 Å². The molecule has 0 bridgehead atoms. The summed E-state index contributed by atoms with van der Waals surface area (Å²) in [5.74, 6) is 2.22. The van der Waals surface area contributed by atoms with E-state index in [-0.39, 0.29) is 12.5 Å². The van der Waals surface area contributed by atoms with E-state index in [1.807, 2.05) is 49.5 Å². The molecule has 174 valence electrons. The first kappa shape index (κ1) is 21.6. The molecular formula is C24H26N8O2. The van der Waals surface area contributed by atoms with Crippen LogP contribution < -0.4 is 19.9 Å². The summed E-state index contributed by atoms with van der Waals surface area (Å²) < 4.78 is 6.95. The minimum absolute atomic E-state index is 0.0322. The van der Waals surface area contributed by atoms with Crippen molar-refractivity contribution in [3.8, 4) is 5.75 Å². The number of hydrogen-bond donors (Lipinski definition) is 1. The van der Waals surface area contributed by atoms with Crippen molar-refractivity contribution in [1.82, 2.24) is 24.7 Å². The van der Waals surface area contributed by atoms with Crippen LogP contribution in [-0.2, 0) is 11.3 Å². The van der Waals surface area contributed by atoms with Crippen molar-refractivity contribution in [2.24, 2.45) is 0 Å². The molecule has 0 spiro atoms. The monoisotopic (exact) mass is 458 g/mol. The second-order valence-electron chi connectivity index (χ2n) is 8.15. The van der Waals surface area contributed by atoms with Crippen molar-refractivity contribution in [2.45, 2.75) is 13.5 Å². The first-order valence-corrected chi connectivity index (χ1v) is 11.1. The minimum Gasteiger partial charge on any atom is -0.495 e. The number of hydrogen-bond acceptors (Lipinski definition) is 8. The van der Waals surface area contributed by atoms with Gasteiger partial charge in [0, 0.05) is 32.4 Å². The Morgan fingerprint density at radius 2 is 1.88 bits per heavy atom. The number of nitrogens with one attached hydrogen (secondary N) is 1. The van der Waals surface area contributed by atoms with Crippen LogP contribution in [0.25, 0.3) is 11.0 Å². The number of nitrogens with zero attached hydrogens (tertiary/aromatic N) is 7. The SMILES string of the molecule is COc1ccc(C)cc1NC(=O)Cn1ncc2c(N3CCN(c4ccccn4)CC3)ncnc21. The summed E-state index contributed by atoms with van der Waals surface area (Å²) >= 11 is 0. The van der Waals surface area contributed by atoms with Gasteiger partial charge in [0.2, 0.25) is 5.91 Å². The van der Waals surface area contributed by atoms with Crippen molar-refractivity contribution in [3.05, 3.63) is 60.7 Å². The molecule has 1 aliphatic heterocycles. The zero-order valence-electron chi connectivity index (χ0n) is 19.2. The van der Waals surface area contributed by atoms with Crippen LogP contribution in [0, 0.1) is 6.92 Å². The maximum Gasteiger partial charge on any atom is 0.246 e. The largest absolute Gasteiger partial charge is 0.495 e. The topological polar surface area (TPSA) is 101 Å². The molecule has 1 aliphatic rings. The molecule has 4 aromatic rings. The Kier molecular flexibility index (Phi) is 5.94. The third-order valence-corrected chi connectivity index (χ3v) is 5.89. The Bertz CT molecular complexity index is 1300. The molecule has 1 N–H and O–H groups in total. The van der Waals surface area contributed by atoms with E-state index < -0.39 is 0 Å². The second-order valence-corrected chi connectivity index (χ2v) is 8.15. The molecule has 1 fully saturated rings. The smallest absolute Gasteiger partial charge is 0.246 e. The third kappa shape index (κ3) is 4.34. The van der Waals surface area contributed by atoms with Gasteiger partial charge in [0.1, 0.15) is 30.3 Å². The molecule has 10 heteroatoms. The van der Waals surface area contributed by atoms with E-state index in [1.165, 1.54) is 6.33 Å². The maximum atomic E-state index is 12.8. The highest BCUT2D eigenvalue weighted by Crippen LogP contribution is 2.26. The lowest BCUT2D eigenvalue weighted by Crippen LogP contribution is -2.47. The van der Waals surface area contributed by atoms with E-state index in [1.54, 1.807) is 18.0 Å². The summed E-state index contributed by atoms with van der Waals surface area (Å²) in [5, 5.41) is 8.17. The number of pyridine rings is 1. The lowest BCUT2D eigenvalue weighted by molar-refractivity contribution is -0.116. The maximum absolute atomic E-state index is 12.8. The Hall–Kier alpha value is -4.21. The summed E-state index contributed by atoms with van der Waals surface area (Å²) in [7, 11) is 1.58. The zero-order chi connectivity index (χ0) is 23.5. The number of methoxy groups -OCH3 is 1. The number of ether oxygens (including phenoxy) is 1. The average molecular weight is 459 g/mol. The van der Waals surface area contributed by atoms with Gasteiger partial charge >= 0.3 is 0 Å². The highest BCUT2D eigenvalue weighted by Gasteiger charge is 2.22. The molecule has 1 aromatic carbocycles. The predicted octanol–water partition coefficient (Wildman–Crippen LogP) is 2.50. The van der Waals surface area contributed by atoms with E-state index in [0.717, 1.165) is 48.8 Å². The third-order valence-electron chi connectivity index (χ3n) is 5.89. The quantitative estimate of drug-likeness (QED) is 0.470. The molecule has 0 unspecified atom stereocenters. The first-order chi connectivity index (χ1) is 16.6.